The van der Waals surface area contributed by atoms with Crippen LogP contribution in [0.25, 0.3) is 0 Å². The monoisotopic (exact) mass is 290 g/mol. The van der Waals surface area contributed by atoms with Gasteiger partial charge in [-0.1, -0.05) is 43.5 Å². The van der Waals surface area contributed by atoms with Crippen LogP contribution in [0.5, 0.6) is 0 Å². The zero-order valence-electron chi connectivity index (χ0n) is 12.3. The maximum absolute atomic E-state index is 14.0. The molecular weight excluding hydrogens is 270 g/mol. The van der Waals surface area contributed by atoms with Gasteiger partial charge in [0.25, 0.3) is 0 Å². The Labute approximate surface area is 124 Å². The zero-order valence-corrected chi connectivity index (χ0v) is 12.3. The van der Waals surface area contributed by atoms with Crippen LogP contribution in [-0.4, -0.2) is 11.7 Å². The van der Waals surface area contributed by atoms with Gasteiger partial charge in [0, 0.05) is 24.3 Å². The number of alkyl halides is 2. The quantitative estimate of drug-likeness (QED) is 0.582. The molecule has 112 valence electrons. The molecule has 1 nitrogen and oxygen atoms in total. The normalized spacial score (nSPS) is 20.8. The lowest BCUT2D eigenvalue weighted by molar-refractivity contribution is -0.00443. The number of rotatable bonds is 4. The predicted octanol–water partition coefficient (Wildman–Crippen LogP) is 4.65. The molecule has 1 aromatic rings. The first-order valence-corrected chi connectivity index (χ1v) is 7.53. The van der Waals surface area contributed by atoms with Crippen LogP contribution in [0.1, 0.15) is 54.9 Å². The van der Waals surface area contributed by atoms with Crippen molar-refractivity contribution in [2.75, 3.05) is 0 Å². The molecular formula is C18H20F2O. The minimum atomic E-state index is -2.92. The van der Waals surface area contributed by atoms with E-state index < -0.39 is 11.8 Å². The lowest BCUT2D eigenvalue weighted by atomic mass is 9.87. The fourth-order valence-electron chi connectivity index (χ4n) is 2.61. The Bertz CT molecular complexity index is 549. The van der Waals surface area contributed by atoms with Crippen molar-refractivity contribution in [1.82, 2.24) is 0 Å². The number of Topliss-reactive ketones (excluding diaryl/α,β-unsaturated/α-hetero) is 1. The van der Waals surface area contributed by atoms with E-state index in [-0.39, 0.29) is 5.78 Å². The fourth-order valence-corrected chi connectivity index (χ4v) is 2.61. The lowest BCUT2D eigenvalue weighted by Crippen LogP contribution is -2.29. The van der Waals surface area contributed by atoms with Crippen molar-refractivity contribution in [3.8, 4) is 11.8 Å². The lowest BCUT2D eigenvalue weighted by Gasteiger charge is -2.24. The molecule has 3 heteroatoms. The first-order valence-electron chi connectivity index (χ1n) is 7.53. The molecule has 0 aromatic heterocycles. The van der Waals surface area contributed by atoms with Gasteiger partial charge in [-0.3, -0.25) is 4.79 Å². The summed E-state index contributed by atoms with van der Waals surface area (Å²) in [6.07, 6.45) is 3.51. The minimum Gasteiger partial charge on any atom is -0.294 e. The van der Waals surface area contributed by atoms with Crippen LogP contribution in [0, 0.1) is 17.8 Å². The highest BCUT2D eigenvalue weighted by atomic mass is 19.3. The maximum Gasteiger partial charge on any atom is 0.311 e. The first kappa shape index (κ1) is 15.7. The van der Waals surface area contributed by atoms with E-state index in [4.69, 9.17) is 0 Å². The van der Waals surface area contributed by atoms with Crippen LogP contribution in [0.3, 0.4) is 0 Å². The topological polar surface area (TPSA) is 17.1 Å². The number of halogens is 2. The molecule has 1 aliphatic rings. The number of ketones is 1. The molecule has 0 radical (unpaired) electrons. The molecule has 0 spiro atoms. The van der Waals surface area contributed by atoms with Crippen molar-refractivity contribution in [1.29, 1.82) is 0 Å². The summed E-state index contributed by atoms with van der Waals surface area (Å²) in [6, 6.07) is 7.03. The van der Waals surface area contributed by atoms with Crippen LogP contribution in [0.4, 0.5) is 8.78 Å². The second-order valence-electron chi connectivity index (χ2n) is 5.55. The molecule has 21 heavy (non-hydrogen) atoms. The molecule has 0 bridgehead atoms. The van der Waals surface area contributed by atoms with Gasteiger partial charge in [-0.05, 0) is 30.7 Å². The second kappa shape index (κ2) is 6.85. The van der Waals surface area contributed by atoms with E-state index in [1.54, 1.807) is 24.3 Å². The summed E-state index contributed by atoms with van der Waals surface area (Å²) in [5, 5.41) is 0. The van der Waals surface area contributed by atoms with E-state index in [9.17, 15) is 13.6 Å². The largest absolute Gasteiger partial charge is 0.311 e. The number of carbonyl (C=O) groups is 1. The Kier molecular flexibility index (Phi) is 5.12. The zero-order chi connectivity index (χ0) is 15.3. The van der Waals surface area contributed by atoms with Gasteiger partial charge in [-0.2, -0.15) is 8.78 Å². The van der Waals surface area contributed by atoms with Crippen molar-refractivity contribution >= 4 is 5.78 Å². The van der Waals surface area contributed by atoms with Crippen LogP contribution in [-0.2, 0) is 6.42 Å². The Hall–Kier alpha value is -1.69. The predicted molar refractivity (Wildman–Crippen MR) is 79.4 cm³/mol. The maximum atomic E-state index is 14.0. The van der Waals surface area contributed by atoms with Gasteiger partial charge in [-0.15, -0.1) is 0 Å². The van der Waals surface area contributed by atoms with Gasteiger partial charge in [0.1, 0.15) is 0 Å². The van der Waals surface area contributed by atoms with Crippen LogP contribution in [0.15, 0.2) is 24.3 Å². The smallest absolute Gasteiger partial charge is 0.294 e. The van der Waals surface area contributed by atoms with Gasteiger partial charge in [0.2, 0.25) is 0 Å². The molecule has 0 heterocycles. The number of hydrogen-bond acceptors (Lipinski definition) is 1. The van der Waals surface area contributed by atoms with Crippen LogP contribution < -0.4 is 0 Å². The van der Waals surface area contributed by atoms with Gasteiger partial charge in [0.05, 0.1) is 0 Å². The summed E-state index contributed by atoms with van der Waals surface area (Å²) in [5.41, 5.74) is 1.49. The van der Waals surface area contributed by atoms with Crippen molar-refractivity contribution in [3.63, 3.8) is 0 Å². The molecule has 1 aliphatic carbocycles. The van der Waals surface area contributed by atoms with E-state index in [2.05, 4.69) is 11.8 Å². The molecule has 0 amide bonds. The highest BCUT2D eigenvalue weighted by Gasteiger charge is 2.37. The number of carbonyl (C=O) groups excluding carboxylic acids is 1. The van der Waals surface area contributed by atoms with Gasteiger partial charge in [-0.25, -0.2) is 0 Å². The minimum absolute atomic E-state index is 0.0729. The molecule has 1 unspecified atom stereocenters. The first-order chi connectivity index (χ1) is 10.0. The van der Waals surface area contributed by atoms with Crippen LogP contribution >= 0.6 is 0 Å². The fraction of sp³-hybridized carbons (Fsp3) is 0.500. The third-order valence-corrected chi connectivity index (χ3v) is 3.95. The van der Waals surface area contributed by atoms with Crippen molar-refractivity contribution in [2.45, 2.75) is 51.4 Å². The van der Waals surface area contributed by atoms with E-state index >= 15 is 0 Å². The summed E-state index contributed by atoms with van der Waals surface area (Å²) < 4.78 is 28.1. The Morgan fingerprint density at radius 3 is 2.67 bits per heavy atom. The highest BCUT2D eigenvalue weighted by Crippen LogP contribution is 2.32. The van der Waals surface area contributed by atoms with Gasteiger partial charge in [0.15, 0.2) is 5.78 Å². The SMILES string of the molecule is CCC(=O)c1ccc(CC2CCCCC#CC2(F)F)cc1. The van der Waals surface area contributed by atoms with Crippen LogP contribution in [0.2, 0.25) is 0 Å². The average Bonchev–Trinajstić information content (AvgIpc) is 2.47. The average molecular weight is 290 g/mol. The van der Waals surface area contributed by atoms with E-state index in [0.29, 0.717) is 31.2 Å². The molecule has 0 N–H and O–H groups in total. The van der Waals surface area contributed by atoms with E-state index in [1.807, 2.05) is 6.92 Å². The van der Waals surface area contributed by atoms with Crippen molar-refractivity contribution < 1.29 is 13.6 Å². The van der Waals surface area contributed by atoms with E-state index in [1.165, 1.54) is 0 Å². The second-order valence-corrected chi connectivity index (χ2v) is 5.55. The molecule has 1 atom stereocenters. The summed E-state index contributed by atoms with van der Waals surface area (Å²) in [6.45, 7) is 1.81. The number of benzene rings is 1. The summed E-state index contributed by atoms with van der Waals surface area (Å²) in [7, 11) is 0. The molecule has 0 saturated heterocycles. The highest BCUT2D eigenvalue weighted by molar-refractivity contribution is 5.95. The van der Waals surface area contributed by atoms with Gasteiger partial charge < -0.3 is 0 Å². The number of hydrogen-bond donors (Lipinski definition) is 0. The molecule has 0 fully saturated rings. The van der Waals surface area contributed by atoms with Crippen molar-refractivity contribution in [2.24, 2.45) is 5.92 Å². The summed E-state index contributed by atoms with van der Waals surface area (Å²) in [4.78, 5) is 11.6. The molecule has 0 aliphatic heterocycles. The standard InChI is InChI=1S/C18H20F2O/c1-2-17(21)15-10-8-14(9-11-15)13-16-7-5-3-4-6-12-18(16,19)20/h8-11,16H,2-5,7,13H2,1H3. The Morgan fingerprint density at radius 2 is 2.00 bits per heavy atom. The molecule has 0 saturated carbocycles. The van der Waals surface area contributed by atoms with E-state index in [0.717, 1.165) is 18.4 Å². The summed E-state index contributed by atoms with van der Waals surface area (Å²) >= 11 is 0. The Balaban J connectivity index is 2.11. The van der Waals surface area contributed by atoms with Crippen molar-refractivity contribution in [3.05, 3.63) is 35.4 Å². The third-order valence-electron chi connectivity index (χ3n) is 3.95. The molecule has 2 rings (SSSR count). The third kappa shape index (κ3) is 4.14. The molecule has 1 aromatic carbocycles. The summed E-state index contributed by atoms with van der Waals surface area (Å²) in [5.74, 6) is 1.13. The Morgan fingerprint density at radius 1 is 1.29 bits per heavy atom. The van der Waals surface area contributed by atoms with Gasteiger partial charge >= 0.3 is 5.92 Å².